The Morgan fingerprint density at radius 3 is 1.93 bits per heavy atom. The Bertz CT molecular complexity index is 805. The number of carbonyl (C=O) groups excluding carboxylic acids is 2. The van der Waals surface area contributed by atoms with Crippen LogP contribution in [0, 0.1) is 18.7 Å². The highest BCUT2D eigenvalue weighted by Gasteiger charge is 2.28. The van der Waals surface area contributed by atoms with Crippen molar-refractivity contribution in [3.8, 4) is 0 Å². The molecular weight excluding hydrogens is 383 g/mol. The minimum atomic E-state index is -0.630. The van der Waals surface area contributed by atoms with Gasteiger partial charge in [0.05, 0.1) is 12.3 Å². The summed E-state index contributed by atoms with van der Waals surface area (Å²) in [6.45, 7) is 10.8. The second-order valence-corrected chi connectivity index (χ2v) is 8.77. The Labute approximate surface area is 178 Å². The molecule has 0 saturated carbocycles. The third-order valence-electron chi connectivity index (χ3n) is 4.73. The topological polar surface area (TPSA) is 52.6 Å². The first-order valence-corrected chi connectivity index (χ1v) is 10.2. The second-order valence-electron chi connectivity index (χ2n) is 8.77. The molecule has 0 amide bonds. The van der Waals surface area contributed by atoms with Gasteiger partial charge in [-0.3, -0.25) is 9.59 Å². The van der Waals surface area contributed by atoms with Crippen LogP contribution in [0.4, 0.5) is 4.39 Å². The number of esters is 2. The van der Waals surface area contributed by atoms with Crippen molar-refractivity contribution in [1.29, 1.82) is 0 Å². The molecule has 0 fully saturated rings. The molecule has 1 unspecified atom stereocenters. The van der Waals surface area contributed by atoms with Crippen LogP contribution in [0.1, 0.15) is 63.6 Å². The predicted molar refractivity (Wildman–Crippen MR) is 115 cm³/mol. The number of hydrogen-bond acceptors (Lipinski definition) is 4. The molecule has 0 aliphatic rings. The molecule has 0 radical (unpaired) electrons. The van der Waals surface area contributed by atoms with E-state index in [4.69, 9.17) is 9.47 Å². The van der Waals surface area contributed by atoms with E-state index in [0.29, 0.717) is 0 Å². The third kappa shape index (κ3) is 6.97. The number of halogens is 1. The van der Waals surface area contributed by atoms with Crippen molar-refractivity contribution < 1.29 is 23.5 Å². The summed E-state index contributed by atoms with van der Waals surface area (Å²) < 4.78 is 24.5. The molecule has 5 heteroatoms. The van der Waals surface area contributed by atoms with Crippen LogP contribution in [0.25, 0.3) is 0 Å². The zero-order valence-corrected chi connectivity index (χ0v) is 18.6. The van der Waals surface area contributed by atoms with Crippen molar-refractivity contribution in [1.82, 2.24) is 0 Å². The summed E-state index contributed by atoms with van der Waals surface area (Å²) >= 11 is 0. The zero-order valence-electron chi connectivity index (χ0n) is 18.6. The smallest absolute Gasteiger partial charge is 0.309 e. The fraction of sp³-hybridized carbons (Fsp3) is 0.440. The Hall–Kier alpha value is -2.69. The van der Waals surface area contributed by atoms with Gasteiger partial charge in [0.2, 0.25) is 0 Å². The van der Waals surface area contributed by atoms with Gasteiger partial charge in [-0.15, -0.1) is 0 Å². The summed E-state index contributed by atoms with van der Waals surface area (Å²) in [6, 6.07) is 14.2. The fourth-order valence-electron chi connectivity index (χ4n) is 3.26. The maximum absolute atomic E-state index is 13.4. The van der Waals surface area contributed by atoms with E-state index in [1.807, 2.05) is 38.1 Å². The number of aryl methyl sites for hydroxylation is 1. The van der Waals surface area contributed by atoms with Crippen LogP contribution in [0.15, 0.2) is 48.5 Å². The zero-order chi connectivity index (χ0) is 22.5. The van der Waals surface area contributed by atoms with E-state index in [1.165, 1.54) is 12.1 Å². The molecule has 2 aromatic carbocycles. The Morgan fingerprint density at radius 1 is 0.933 bits per heavy atom. The quantitative estimate of drug-likeness (QED) is 0.556. The molecular formula is C25H31FO4. The summed E-state index contributed by atoms with van der Waals surface area (Å²) in [4.78, 5) is 24.7. The first-order chi connectivity index (χ1) is 14.0. The molecule has 0 heterocycles. The minimum absolute atomic E-state index is 0.0471. The fourth-order valence-corrected chi connectivity index (χ4v) is 3.26. The first-order valence-electron chi connectivity index (χ1n) is 10.2. The summed E-state index contributed by atoms with van der Waals surface area (Å²) in [5.74, 6) is -2.11. The highest BCUT2D eigenvalue weighted by atomic mass is 19.1. The summed E-state index contributed by atoms with van der Waals surface area (Å²) in [5.41, 5.74) is 2.33. The van der Waals surface area contributed by atoms with Crippen LogP contribution in [0.2, 0.25) is 0 Å². The summed E-state index contributed by atoms with van der Waals surface area (Å²) in [5, 5.41) is 0. The highest BCUT2D eigenvalue weighted by molar-refractivity contribution is 5.80. The molecule has 30 heavy (non-hydrogen) atoms. The molecule has 0 saturated heterocycles. The van der Waals surface area contributed by atoms with Gasteiger partial charge in [0.25, 0.3) is 0 Å². The Balaban J connectivity index is 2.16. The lowest BCUT2D eigenvalue weighted by atomic mass is 9.86. The van der Waals surface area contributed by atoms with Gasteiger partial charge in [0.15, 0.2) is 0 Å². The summed E-state index contributed by atoms with van der Waals surface area (Å²) in [6.07, 6.45) is -0.555. The maximum atomic E-state index is 13.4. The van der Waals surface area contributed by atoms with Gasteiger partial charge in [-0.1, -0.05) is 48.9 Å². The van der Waals surface area contributed by atoms with Crippen molar-refractivity contribution in [3.05, 3.63) is 71.0 Å². The van der Waals surface area contributed by atoms with Crippen LogP contribution in [-0.4, -0.2) is 23.6 Å². The van der Waals surface area contributed by atoms with Gasteiger partial charge in [-0.25, -0.2) is 4.39 Å². The predicted octanol–water partition coefficient (Wildman–Crippen LogP) is 5.57. The molecule has 2 rings (SSSR count). The van der Waals surface area contributed by atoms with E-state index in [0.717, 1.165) is 16.7 Å². The van der Waals surface area contributed by atoms with Crippen LogP contribution in [0.3, 0.4) is 0 Å². The molecule has 0 spiro atoms. The largest absolute Gasteiger partial charge is 0.461 e. The van der Waals surface area contributed by atoms with Gasteiger partial charge in [0.1, 0.15) is 17.5 Å². The molecule has 0 bridgehead atoms. The van der Waals surface area contributed by atoms with Gasteiger partial charge >= 0.3 is 11.9 Å². The van der Waals surface area contributed by atoms with Gasteiger partial charge in [0, 0.05) is 5.92 Å². The van der Waals surface area contributed by atoms with E-state index in [1.54, 1.807) is 39.8 Å². The van der Waals surface area contributed by atoms with Crippen LogP contribution < -0.4 is 0 Å². The molecule has 0 N–H and O–H groups in total. The number of ether oxygens (including phenoxy) is 2. The SMILES string of the molecule is Cc1ccc(C(c2ccc(F)cc2)[C@H](C)OC(=O)[C@H](C)CC(=O)OC(C)(C)C)cc1. The Morgan fingerprint density at radius 2 is 1.43 bits per heavy atom. The molecule has 4 nitrogen and oxygen atoms in total. The molecule has 0 aromatic heterocycles. The van der Waals surface area contributed by atoms with Crippen molar-refractivity contribution in [2.75, 3.05) is 0 Å². The lowest BCUT2D eigenvalue weighted by molar-refractivity contribution is -0.163. The molecule has 2 aromatic rings. The Kier molecular flexibility index (Phi) is 7.77. The standard InChI is InChI=1S/C25H31FO4/c1-16-7-9-19(10-8-16)23(20-11-13-21(26)14-12-20)18(3)29-24(28)17(2)15-22(27)30-25(4,5)6/h7-14,17-18,23H,15H2,1-6H3/t17-,18+,23?/m1/s1. The van der Waals surface area contributed by atoms with Crippen molar-refractivity contribution >= 4 is 11.9 Å². The van der Waals surface area contributed by atoms with Crippen LogP contribution in [-0.2, 0) is 19.1 Å². The monoisotopic (exact) mass is 414 g/mol. The van der Waals surface area contributed by atoms with Gasteiger partial charge in [-0.05, 0) is 57.9 Å². The minimum Gasteiger partial charge on any atom is -0.461 e. The van der Waals surface area contributed by atoms with E-state index in [-0.39, 0.29) is 18.2 Å². The lowest BCUT2D eigenvalue weighted by Gasteiger charge is -2.27. The van der Waals surface area contributed by atoms with Gasteiger partial charge < -0.3 is 9.47 Å². The van der Waals surface area contributed by atoms with Gasteiger partial charge in [-0.2, -0.15) is 0 Å². The number of hydrogen-bond donors (Lipinski definition) is 0. The highest BCUT2D eigenvalue weighted by Crippen LogP contribution is 2.31. The van der Waals surface area contributed by atoms with Crippen molar-refractivity contribution in [3.63, 3.8) is 0 Å². The van der Waals surface area contributed by atoms with E-state index >= 15 is 0 Å². The van der Waals surface area contributed by atoms with Crippen molar-refractivity contribution in [2.45, 2.75) is 65.6 Å². The molecule has 0 aliphatic carbocycles. The molecule has 3 atom stereocenters. The number of benzene rings is 2. The second kappa shape index (κ2) is 9.88. The van der Waals surface area contributed by atoms with Crippen LogP contribution in [0.5, 0.6) is 0 Å². The number of carbonyl (C=O) groups is 2. The average Bonchev–Trinajstić information content (AvgIpc) is 2.63. The van der Waals surface area contributed by atoms with E-state index < -0.39 is 29.6 Å². The maximum Gasteiger partial charge on any atom is 0.309 e. The molecule has 0 aliphatic heterocycles. The normalized spacial score (nSPS) is 14.5. The average molecular weight is 415 g/mol. The first kappa shape index (κ1) is 23.6. The van der Waals surface area contributed by atoms with E-state index in [2.05, 4.69) is 0 Å². The third-order valence-corrected chi connectivity index (χ3v) is 4.73. The summed E-state index contributed by atoms with van der Waals surface area (Å²) in [7, 11) is 0. The van der Waals surface area contributed by atoms with E-state index in [9.17, 15) is 14.0 Å². The lowest BCUT2D eigenvalue weighted by Crippen LogP contribution is -2.30. The number of rotatable bonds is 7. The molecule has 162 valence electrons. The van der Waals surface area contributed by atoms with Crippen molar-refractivity contribution in [2.24, 2.45) is 5.92 Å². The van der Waals surface area contributed by atoms with Crippen LogP contribution >= 0.6 is 0 Å².